The Labute approximate surface area is 407 Å². The van der Waals surface area contributed by atoms with Gasteiger partial charge in [-0.3, -0.25) is 9.59 Å². The third-order valence-corrected chi connectivity index (χ3v) is 12.5. The molecule has 0 aromatic heterocycles. The Morgan fingerprint density at radius 3 is 1.20 bits per heavy atom. The second kappa shape index (κ2) is 49.2. The first-order valence-corrected chi connectivity index (χ1v) is 28.0. The van der Waals surface area contributed by atoms with E-state index in [0.717, 1.165) is 44.9 Å². The van der Waals surface area contributed by atoms with E-state index in [-0.39, 0.29) is 38.2 Å². The molecule has 0 saturated heterocycles. The molecule has 0 aromatic rings. The Morgan fingerprint density at radius 1 is 0.455 bits per heavy atom. The number of allylic oxidation sites excluding steroid dienone is 4. The van der Waals surface area contributed by atoms with E-state index in [1.165, 1.54) is 193 Å². The van der Waals surface area contributed by atoms with Crippen molar-refractivity contribution in [3.8, 4) is 0 Å². The van der Waals surface area contributed by atoms with Gasteiger partial charge >= 0.3 is 17.9 Å². The number of carbonyl (C=O) groups excluding carboxylic acids is 2. The van der Waals surface area contributed by atoms with Gasteiger partial charge in [-0.2, -0.15) is 0 Å². The second-order valence-corrected chi connectivity index (χ2v) is 20.3. The summed E-state index contributed by atoms with van der Waals surface area (Å²) >= 11 is 0. The zero-order chi connectivity index (χ0) is 48.4. The minimum atomic E-state index is -1.51. The van der Waals surface area contributed by atoms with Gasteiger partial charge in [0.25, 0.3) is 6.29 Å². The zero-order valence-corrected chi connectivity index (χ0v) is 44.1. The number of nitrogens with zero attached hydrogens (tertiary/aromatic N) is 1. The van der Waals surface area contributed by atoms with Gasteiger partial charge in [-0.1, -0.05) is 231 Å². The highest BCUT2D eigenvalue weighted by molar-refractivity contribution is 5.71. The molecule has 0 saturated carbocycles. The lowest BCUT2D eigenvalue weighted by molar-refractivity contribution is -0.870. The molecule has 9 heteroatoms. The summed E-state index contributed by atoms with van der Waals surface area (Å²) in [6.45, 7) is 4.90. The van der Waals surface area contributed by atoms with Crippen LogP contribution in [0, 0.1) is 0 Å². The summed E-state index contributed by atoms with van der Waals surface area (Å²) in [7, 11) is 5.97. The van der Waals surface area contributed by atoms with Crippen LogP contribution >= 0.6 is 0 Å². The second-order valence-electron chi connectivity index (χ2n) is 20.3. The van der Waals surface area contributed by atoms with Crippen LogP contribution in [0.25, 0.3) is 0 Å². The number of likely N-dealkylation sites (N-methyl/N-ethyl adjacent to an activating group) is 1. The molecule has 0 fully saturated rings. The van der Waals surface area contributed by atoms with Crippen LogP contribution in [0.4, 0.5) is 0 Å². The number of carboxylic acids is 1. The number of aliphatic carboxylic acids is 1. The summed E-state index contributed by atoms with van der Waals surface area (Å²) < 4.78 is 22.9. The van der Waals surface area contributed by atoms with Crippen LogP contribution in [0.15, 0.2) is 24.3 Å². The van der Waals surface area contributed by atoms with Gasteiger partial charge in [0.1, 0.15) is 13.2 Å². The van der Waals surface area contributed by atoms with Crippen molar-refractivity contribution in [2.75, 3.05) is 47.5 Å². The lowest BCUT2D eigenvalue weighted by atomic mass is 10.0. The Morgan fingerprint density at radius 2 is 0.818 bits per heavy atom. The first-order chi connectivity index (χ1) is 32.1. The van der Waals surface area contributed by atoms with Crippen molar-refractivity contribution < 1.29 is 42.9 Å². The van der Waals surface area contributed by atoms with Crippen molar-refractivity contribution in [2.24, 2.45) is 0 Å². The summed E-state index contributed by atoms with van der Waals surface area (Å²) in [6, 6.07) is 0. The highest BCUT2D eigenvalue weighted by Crippen LogP contribution is 2.17. The first-order valence-electron chi connectivity index (χ1n) is 28.0. The Balaban J connectivity index is 4.18. The fraction of sp³-hybridized carbons (Fsp3) is 0.877. The maximum Gasteiger partial charge on any atom is 0.361 e. The molecule has 0 aliphatic rings. The van der Waals surface area contributed by atoms with Gasteiger partial charge in [-0.05, 0) is 44.9 Å². The van der Waals surface area contributed by atoms with E-state index in [2.05, 4.69) is 38.2 Å². The Kier molecular flexibility index (Phi) is 47.5. The van der Waals surface area contributed by atoms with E-state index in [0.29, 0.717) is 17.4 Å². The van der Waals surface area contributed by atoms with Gasteiger partial charge in [-0.25, -0.2) is 4.79 Å². The van der Waals surface area contributed by atoms with Crippen molar-refractivity contribution >= 4 is 17.9 Å². The third-order valence-electron chi connectivity index (χ3n) is 12.5. The summed E-state index contributed by atoms with van der Waals surface area (Å²) in [5.74, 6) is -1.99. The fourth-order valence-corrected chi connectivity index (χ4v) is 8.10. The SMILES string of the molecule is CCCCCCC/C=C\C/C=C\CCCCCCCCCCCCCCCCCC(=O)OC(COC(=O)CCCCCCCCCCCCCCCC)COC(OCC[N+](C)(C)C)C(=O)O. The number of hydrogen-bond acceptors (Lipinski definition) is 7. The zero-order valence-electron chi connectivity index (χ0n) is 44.1. The van der Waals surface area contributed by atoms with E-state index in [1.807, 2.05) is 21.1 Å². The molecule has 2 unspecified atom stereocenters. The predicted molar refractivity (Wildman–Crippen MR) is 277 cm³/mol. The van der Waals surface area contributed by atoms with Crippen molar-refractivity contribution in [1.82, 2.24) is 0 Å². The van der Waals surface area contributed by atoms with E-state index in [4.69, 9.17) is 18.9 Å². The van der Waals surface area contributed by atoms with Crippen LogP contribution in [0.2, 0.25) is 0 Å². The lowest BCUT2D eigenvalue weighted by Crippen LogP contribution is -2.40. The molecule has 0 aliphatic carbocycles. The first kappa shape index (κ1) is 63.8. The van der Waals surface area contributed by atoms with Crippen molar-refractivity contribution in [1.29, 1.82) is 0 Å². The van der Waals surface area contributed by atoms with Gasteiger partial charge in [0.15, 0.2) is 6.10 Å². The minimum Gasteiger partial charge on any atom is -0.477 e. The number of esters is 2. The van der Waals surface area contributed by atoms with E-state index < -0.39 is 18.4 Å². The highest BCUT2D eigenvalue weighted by atomic mass is 16.7. The molecule has 0 amide bonds. The van der Waals surface area contributed by atoms with Crippen LogP contribution in [0.3, 0.4) is 0 Å². The molecule has 0 aliphatic heterocycles. The fourth-order valence-electron chi connectivity index (χ4n) is 8.10. The summed E-state index contributed by atoms with van der Waals surface area (Å²) in [4.78, 5) is 37.3. The molecule has 0 rings (SSSR count). The predicted octanol–water partition coefficient (Wildman–Crippen LogP) is 16.0. The van der Waals surface area contributed by atoms with Gasteiger partial charge < -0.3 is 28.5 Å². The van der Waals surface area contributed by atoms with Gasteiger partial charge in [0.05, 0.1) is 34.4 Å². The van der Waals surface area contributed by atoms with E-state index in [1.54, 1.807) is 0 Å². The number of unbranched alkanes of at least 4 members (excludes halogenated alkanes) is 33. The number of carboxylic acid groups (broad SMARTS) is 1. The number of ether oxygens (including phenoxy) is 4. The van der Waals surface area contributed by atoms with Crippen molar-refractivity contribution in [3.05, 3.63) is 24.3 Å². The Hall–Kier alpha value is -2.23. The number of rotatable bonds is 52. The molecule has 2 atom stereocenters. The molecule has 0 bridgehead atoms. The molecule has 388 valence electrons. The average molecular weight is 935 g/mol. The molecule has 1 N–H and O–H groups in total. The summed E-state index contributed by atoms with van der Waals surface area (Å²) in [5, 5.41) is 9.68. The lowest BCUT2D eigenvalue weighted by Gasteiger charge is -2.25. The molecule has 9 nitrogen and oxygen atoms in total. The smallest absolute Gasteiger partial charge is 0.361 e. The van der Waals surface area contributed by atoms with Crippen molar-refractivity contribution in [2.45, 2.75) is 277 Å². The highest BCUT2D eigenvalue weighted by Gasteiger charge is 2.25. The monoisotopic (exact) mass is 935 g/mol. The molecule has 0 radical (unpaired) electrons. The minimum absolute atomic E-state index is 0.176. The van der Waals surface area contributed by atoms with Crippen LogP contribution in [-0.4, -0.2) is 87.4 Å². The quantitative estimate of drug-likeness (QED) is 0.0211. The Bertz CT molecular complexity index is 1130. The van der Waals surface area contributed by atoms with Crippen LogP contribution in [-0.2, 0) is 33.3 Å². The van der Waals surface area contributed by atoms with Crippen molar-refractivity contribution in [3.63, 3.8) is 0 Å². The summed E-state index contributed by atoms with van der Waals surface area (Å²) in [6.07, 6.45) is 53.9. The molecule has 0 aromatic carbocycles. The number of carbonyl (C=O) groups is 3. The van der Waals surface area contributed by atoms with Crippen LogP contribution < -0.4 is 0 Å². The van der Waals surface area contributed by atoms with Gasteiger partial charge in [0.2, 0.25) is 0 Å². The van der Waals surface area contributed by atoms with Crippen LogP contribution in [0.1, 0.15) is 264 Å². The molecular formula is C57H108NO8+. The largest absolute Gasteiger partial charge is 0.477 e. The topological polar surface area (TPSA) is 108 Å². The number of hydrogen-bond donors (Lipinski definition) is 1. The average Bonchev–Trinajstić information content (AvgIpc) is 3.28. The molecular weight excluding hydrogens is 827 g/mol. The van der Waals surface area contributed by atoms with Gasteiger partial charge in [0, 0.05) is 12.8 Å². The maximum atomic E-state index is 12.8. The standard InChI is InChI=1S/C57H107NO8/c1-6-8-10-12-14-16-18-20-22-23-24-25-26-27-28-29-30-31-32-33-34-36-38-40-42-44-46-48-55(60)66-53(52-65-57(56(61)62)63-50-49-58(3,4)5)51-64-54(59)47-45-43-41-39-37-35-21-19-17-15-13-11-9-7-2/h18,20,23-24,53,57H,6-17,19,21-22,25-52H2,1-5H3/p+1/b20-18-,24-23-. The summed E-state index contributed by atoms with van der Waals surface area (Å²) in [5.41, 5.74) is 0. The van der Waals surface area contributed by atoms with Gasteiger partial charge in [-0.15, -0.1) is 0 Å². The van der Waals surface area contributed by atoms with E-state index in [9.17, 15) is 19.5 Å². The molecule has 66 heavy (non-hydrogen) atoms. The normalized spacial score (nSPS) is 12.9. The van der Waals surface area contributed by atoms with Crippen LogP contribution in [0.5, 0.6) is 0 Å². The number of quaternary nitrogens is 1. The molecule has 0 heterocycles. The molecule has 0 spiro atoms. The third kappa shape index (κ3) is 49.7. The van der Waals surface area contributed by atoms with E-state index >= 15 is 0 Å². The maximum absolute atomic E-state index is 12.8.